The van der Waals surface area contributed by atoms with Gasteiger partial charge < -0.3 is 10.1 Å². The summed E-state index contributed by atoms with van der Waals surface area (Å²) in [5.41, 5.74) is 1.46. The van der Waals surface area contributed by atoms with E-state index in [1.165, 1.54) is 4.68 Å². The molecule has 0 fully saturated rings. The number of hydrogen-bond acceptors (Lipinski definition) is 5. The fourth-order valence-electron chi connectivity index (χ4n) is 2.61. The van der Waals surface area contributed by atoms with Crippen molar-refractivity contribution in [3.8, 4) is 11.7 Å². The Labute approximate surface area is 175 Å². The monoisotopic (exact) mass is 413 g/mol. The summed E-state index contributed by atoms with van der Waals surface area (Å²) >= 11 is 5.98. The molecule has 3 aromatic rings. The highest BCUT2D eigenvalue weighted by molar-refractivity contribution is 6.30. The van der Waals surface area contributed by atoms with Crippen molar-refractivity contribution in [2.24, 2.45) is 0 Å². The number of nitrogens with one attached hydrogen (secondary N) is 1. The Morgan fingerprint density at radius 3 is 2.52 bits per heavy atom. The quantitative estimate of drug-likeness (QED) is 0.673. The zero-order chi connectivity index (χ0) is 21.2. The molecular weight excluding hydrogens is 390 g/mol. The van der Waals surface area contributed by atoms with Crippen molar-refractivity contribution in [2.45, 2.75) is 46.1 Å². The van der Waals surface area contributed by atoms with Gasteiger partial charge in [-0.2, -0.15) is 9.78 Å². The summed E-state index contributed by atoms with van der Waals surface area (Å²) in [7, 11) is 0. The third-order valence-corrected chi connectivity index (χ3v) is 4.52. The highest BCUT2D eigenvalue weighted by Crippen LogP contribution is 2.26. The zero-order valence-corrected chi connectivity index (χ0v) is 17.9. The van der Waals surface area contributed by atoms with Crippen molar-refractivity contribution >= 4 is 23.3 Å². The van der Waals surface area contributed by atoms with Gasteiger partial charge in [0.05, 0.1) is 5.69 Å². The van der Waals surface area contributed by atoms with Crippen molar-refractivity contribution in [1.82, 2.24) is 19.7 Å². The van der Waals surface area contributed by atoms with E-state index in [0.717, 1.165) is 11.3 Å². The maximum atomic E-state index is 12.8. The standard InChI is InChI=1S/C21H24ClN5O2/c1-13-11-15(22)7-8-16(13)29-14(2)19(28)25-18-12-17(21(3,4)5)26-27(18)20-23-9-6-10-24-20/h6-12,14H,1-5H3,(H,25,28). The molecule has 1 aromatic carbocycles. The van der Waals surface area contributed by atoms with Crippen LogP contribution in [0.15, 0.2) is 42.7 Å². The van der Waals surface area contributed by atoms with Gasteiger partial charge in [0.2, 0.25) is 0 Å². The van der Waals surface area contributed by atoms with Crippen LogP contribution in [-0.4, -0.2) is 31.8 Å². The second-order valence-electron chi connectivity index (χ2n) is 7.78. The van der Waals surface area contributed by atoms with Gasteiger partial charge in [0.25, 0.3) is 11.9 Å². The molecule has 3 rings (SSSR count). The maximum absolute atomic E-state index is 12.8. The Morgan fingerprint density at radius 1 is 1.21 bits per heavy atom. The Bertz CT molecular complexity index is 1010. The summed E-state index contributed by atoms with van der Waals surface area (Å²) in [6.07, 6.45) is 2.52. The minimum absolute atomic E-state index is 0.206. The number of carbonyl (C=O) groups is 1. The lowest BCUT2D eigenvalue weighted by Gasteiger charge is -2.16. The van der Waals surface area contributed by atoms with Crippen LogP contribution in [0.1, 0.15) is 39.0 Å². The number of benzene rings is 1. The Morgan fingerprint density at radius 2 is 1.90 bits per heavy atom. The lowest BCUT2D eigenvalue weighted by Crippen LogP contribution is -2.31. The molecule has 0 bridgehead atoms. The first-order valence-corrected chi connectivity index (χ1v) is 9.64. The van der Waals surface area contributed by atoms with Crippen LogP contribution < -0.4 is 10.1 Å². The molecule has 1 unspecified atom stereocenters. The number of ether oxygens (including phenoxy) is 1. The van der Waals surface area contributed by atoms with Gasteiger partial charge in [-0.05, 0) is 43.7 Å². The molecule has 2 heterocycles. The van der Waals surface area contributed by atoms with E-state index in [1.54, 1.807) is 43.6 Å². The summed E-state index contributed by atoms with van der Waals surface area (Å²) in [6.45, 7) is 9.71. The van der Waals surface area contributed by atoms with Crippen LogP contribution in [0.5, 0.6) is 5.75 Å². The van der Waals surface area contributed by atoms with Crippen molar-refractivity contribution in [1.29, 1.82) is 0 Å². The number of rotatable bonds is 5. The maximum Gasteiger partial charge on any atom is 0.266 e. The molecule has 7 nitrogen and oxygen atoms in total. The lowest BCUT2D eigenvalue weighted by molar-refractivity contribution is -0.122. The number of hydrogen-bond donors (Lipinski definition) is 1. The number of anilines is 1. The molecule has 0 radical (unpaired) electrons. The van der Waals surface area contributed by atoms with Crippen molar-refractivity contribution in [2.75, 3.05) is 5.32 Å². The van der Waals surface area contributed by atoms with Gasteiger partial charge in [-0.1, -0.05) is 32.4 Å². The fourth-order valence-corrected chi connectivity index (χ4v) is 2.83. The average molecular weight is 414 g/mol. The largest absolute Gasteiger partial charge is 0.481 e. The van der Waals surface area contributed by atoms with Crippen LogP contribution in [0.2, 0.25) is 5.02 Å². The molecule has 0 aliphatic heterocycles. The molecule has 1 amide bonds. The second kappa shape index (κ2) is 8.21. The molecule has 1 atom stereocenters. The third-order valence-electron chi connectivity index (χ3n) is 4.28. The summed E-state index contributed by atoms with van der Waals surface area (Å²) in [4.78, 5) is 21.3. The molecule has 0 aliphatic carbocycles. The minimum atomic E-state index is -0.729. The van der Waals surface area contributed by atoms with E-state index in [1.807, 2.05) is 33.8 Å². The molecule has 2 aromatic heterocycles. The van der Waals surface area contributed by atoms with Crippen molar-refractivity contribution < 1.29 is 9.53 Å². The highest BCUT2D eigenvalue weighted by atomic mass is 35.5. The average Bonchev–Trinajstić information content (AvgIpc) is 3.09. The number of nitrogens with zero attached hydrogens (tertiary/aromatic N) is 4. The minimum Gasteiger partial charge on any atom is -0.481 e. The molecule has 0 saturated carbocycles. The lowest BCUT2D eigenvalue weighted by atomic mass is 9.92. The molecule has 1 N–H and O–H groups in total. The normalized spacial score (nSPS) is 12.5. The van der Waals surface area contributed by atoms with E-state index in [0.29, 0.717) is 22.5 Å². The topological polar surface area (TPSA) is 81.9 Å². The van der Waals surface area contributed by atoms with Crippen molar-refractivity contribution in [3.05, 3.63) is 59.0 Å². The number of amides is 1. The first-order valence-electron chi connectivity index (χ1n) is 9.27. The van der Waals surface area contributed by atoms with Crippen LogP contribution in [0.4, 0.5) is 5.82 Å². The van der Waals surface area contributed by atoms with E-state index in [9.17, 15) is 4.79 Å². The number of aromatic nitrogens is 4. The van der Waals surface area contributed by atoms with Gasteiger partial charge in [0.15, 0.2) is 6.10 Å². The van der Waals surface area contributed by atoms with Crippen LogP contribution in [0.25, 0.3) is 5.95 Å². The van der Waals surface area contributed by atoms with E-state index in [2.05, 4.69) is 20.4 Å². The van der Waals surface area contributed by atoms with Gasteiger partial charge in [0.1, 0.15) is 11.6 Å². The highest BCUT2D eigenvalue weighted by Gasteiger charge is 2.24. The first-order chi connectivity index (χ1) is 13.6. The van der Waals surface area contributed by atoms with E-state index >= 15 is 0 Å². The predicted molar refractivity (Wildman–Crippen MR) is 113 cm³/mol. The summed E-state index contributed by atoms with van der Waals surface area (Å²) in [5.74, 6) is 1.15. The molecule has 29 heavy (non-hydrogen) atoms. The molecule has 0 saturated heterocycles. The van der Waals surface area contributed by atoms with E-state index in [-0.39, 0.29) is 11.3 Å². The molecule has 0 spiro atoms. The van der Waals surface area contributed by atoms with Crippen LogP contribution in [-0.2, 0) is 10.2 Å². The van der Waals surface area contributed by atoms with E-state index in [4.69, 9.17) is 16.3 Å². The van der Waals surface area contributed by atoms with Gasteiger partial charge in [-0.25, -0.2) is 9.97 Å². The predicted octanol–water partition coefficient (Wildman–Crippen LogP) is 4.33. The molecule has 152 valence electrons. The SMILES string of the molecule is Cc1cc(Cl)ccc1OC(C)C(=O)Nc1cc(C(C)(C)C)nn1-c1ncccn1. The fraction of sp³-hybridized carbons (Fsp3) is 0.333. The van der Waals surface area contributed by atoms with Crippen LogP contribution >= 0.6 is 11.6 Å². The summed E-state index contributed by atoms with van der Waals surface area (Å²) < 4.78 is 7.35. The second-order valence-corrected chi connectivity index (χ2v) is 8.22. The number of aryl methyl sites for hydroxylation is 1. The first kappa shape index (κ1) is 20.8. The van der Waals surface area contributed by atoms with Crippen LogP contribution in [0.3, 0.4) is 0 Å². The smallest absolute Gasteiger partial charge is 0.266 e. The van der Waals surface area contributed by atoms with Crippen molar-refractivity contribution in [3.63, 3.8) is 0 Å². The van der Waals surface area contributed by atoms with E-state index < -0.39 is 6.10 Å². The van der Waals surface area contributed by atoms with Gasteiger partial charge in [-0.3, -0.25) is 4.79 Å². The van der Waals surface area contributed by atoms with Gasteiger partial charge >= 0.3 is 0 Å². The summed E-state index contributed by atoms with van der Waals surface area (Å²) in [5, 5.41) is 8.10. The third kappa shape index (κ3) is 4.92. The van der Waals surface area contributed by atoms with Gasteiger partial charge in [-0.15, -0.1) is 0 Å². The summed E-state index contributed by atoms with van der Waals surface area (Å²) in [6, 6.07) is 8.82. The van der Waals surface area contributed by atoms with Crippen LogP contribution in [0, 0.1) is 6.92 Å². The number of halogens is 1. The Hall–Kier alpha value is -2.93. The molecule has 8 heteroatoms. The Balaban J connectivity index is 1.84. The Kier molecular flexibility index (Phi) is 5.88. The zero-order valence-electron chi connectivity index (χ0n) is 17.1. The molecular formula is C21H24ClN5O2. The van der Waals surface area contributed by atoms with Gasteiger partial charge in [0, 0.05) is 28.9 Å². The number of carbonyl (C=O) groups excluding carboxylic acids is 1. The molecule has 0 aliphatic rings.